The van der Waals surface area contributed by atoms with E-state index in [9.17, 15) is 9.90 Å². The second-order valence-corrected chi connectivity index (χ2v) is 3.18. The van der Waals surface area contributed by atoms with Gasteiger partial charge in [-0.25, -0.2) is 4.79 Å². The number of aliphatic imine (C=N–C) groups is 1. The van der Waals surface area contributed by atoms with E-state index in [0.717, 1.165) is 5.56 Å². The van der Waals surface area contributed by atoms with Crippen molar-refractivity contribution < 1.29 is 14.4 Å². The first kappa shape index (κ1) is 10.1. The Morgan fingerprint density at radius 3 is 3.12 bits per heavy atom. The molecule has 16 heavy (non-hydrogen) atoms. The first-order valence-corrected chi connectivity index (χ1v) is 4.59. The van der Waals surface area contributed by atoms with Crippen molar-refractivity contribution in [3.8, 4) is 5.75 Å². The van der Waals surface area contributed by atoms with Crippen LogP contribution >= 0.6 is 0 Å². The van der Waals surface area contributed by atoms with Gasteiger partial charge in [-0.1, -0.05) is 17.3 Å². The zero-order valence-corrected chi connectivity index (χ0v) is 8.25. The number of aromatic hydroxyl groups is 1. The Morgan fingerprint density at radius 1 is 1.50 bits per heavy atom. The third kappa shape index (κ3) is 2.16. The number of rotatable bonds is 3. The molecule has 0 aliphatic heterocycles. The zero-order valence-electron chi connectivity index (χ0n) is 8.25. The van der Waals surface area contributed by atoms with Gasteiger partial charge in [0.15, 0.2) is 5.76 Å². The summed E-state index contributed by atoms with van der Waals surface area (Å²) in [5.74, 6) is 0.645. The maximum Gasteiger partial charge on any atom is 0.240 e. The number of hydrogen-bond acceptors (Lipinski definition) is 5. The molecule has 5 heteroatoms. The lowest BCUT2D eigenvalue weighted by Gasteiger charge is -1.98. The molecule has 2 rings (SSSR count). The number of benzene rings is 1. The van der Waals surface area contributed by atoms with Crippen molar-refractivity contribution >= 4 is 11.8 Å². The average Bonchev–Trinajstić information content (AvgIpc) is 2.66. The molecule has 0 atom stereocenters. The van der Waals surface area contributed by atoms with Gasteiger partial charge in [-0.2, -0.15) is 4.99 Å². The van der Waals surface area contributed by atoms with E-state index in [-0.39, 0.29) is 5.75 Å². The van der Waals surface area contributed by atoms with Crippen molar-refractivity contribution in [2.75, 3.05) is 0 Å². The quantitative estimate of drug-likeness (QED) is 0.628. The zero-order chi connectivity index (χ0) is 11.4. The highest BCUT2D eigenvalue weighted by Gasteiger charge is 2.08. The molecule has 2 aromatic rings. The van der Waals surface area contributed by atoms with Crippen LogP contribution in [0, 0.1) is 0 Å². The SMILES string of the molecule is O=C=Nc1cnoc1Cc1cccc(O)c1. The predicted octanol–water partition coefficient (Wildman–Crippen LogP) is 1.94. The Bertz CT molecular complexity index is 542. The van der Waals surface area contributed by atoms with Gasteiger partial charge in [0.1, 0.15) is 11.4 Å². The molecule has 1 aromatic carbocycles. The van der Waals surface area contributed by atoms with Crippen LogP contribution in [0.2, 0.25) is 0 Å². The molecule has 0 saturated carbocycles. The third-order valence-electron chi connectivity index (χ3n) is 2.06. The Kier molecular flexibility index (Phi) is 2.80. The van der Waals surface area contributed by atoms with Crippen molar-refractivity contribution in [1.29, 1.82) is 0 Å². The fraction of sp³-hybridized carbons (Fsp3) is 0.0909. The summed E-state index contributed by atoms with van der Waals surface area (Å²) in [6, 6.07) is 6.74. The summed E-state index contributed by atoms with van der Waals surface area (Å²) in [6.07, 6.45) is 3.20. The fourth-order valence-corrected chi connectivity index (χ4v) is 1.37. The summed E-state index contributed by atoms with van der Waals surface area (Å²) < 4.78 is 4.96. The number of isocyanates is 1. The highest BCUT2D eigenvalue weighted by atomic mass is 16.5. The molecule has 0 unspecified atom stereocenters. The van der Waals surface area contributed by atoms with Crippen molar-refractivity contribution in [3.05, 3.63) is 41.8 Å². The van der Waals surface area contributed by atoms with E-state index in [4.69, 9.17) is 4.52 Å². The summed E-state index contributed by atoms with van der Waals surface area (Å²) in [7, 11) is 0. The Balaban J connectivity index is 2.27. The summed E-state index contributed by atoms with van der Waals surface area (Å²) in [6.45, 7) is 0. The van der Waals surface area contributed by atoms with Crippen LogP contribution in [0.3, 0.4) is 0 Å². The molecule has 0 radical (unpaired) electrons. The molecule has 1 aromatic heterocycles. The maximum absolute atomic E-state index is 10.1. The van der Waals surface area contributed by atoms with Gasteiger partial charge in [-0.05, 0) is 17.7 Å². The second kappa shape index (κ2) is 4.42. The van der Waals surface area contributed by atoms with Crippen LogP contribution in [-0.2, 0) is 11.2 Å². The topological polar surface area (TPSA) is 75.7 Å². The van der Waals surface area contributed by atoms with Gasteiger partial charge >= 0.3 is 0 Å². The summed E-state index contributed by atoms with van der Waals surface area (Å²) in [4.78, 5) is 13.6. The number of aromatic nitrogens is 1. The summed E-state index contributed by atoms with van der Waals surface area (Å²) in [5.41, 5.74) is 1.21. The standard InChI is InChI=1S/C11H8N2O3/c14-7-12-10-6-13-16-11(10)5-8-2-1-3-9(15)4-8/h1-4,6,15H,5H2. The average molecular weight is 216 g/mol. The Labute approximate surface area is 91.0 Å². The van der Waals surface area contributed by atoms with E-state index in [2.05, 4.69) is 10.1 Å². The van der Waals surface area contributed by atoms with E-state index < -0.39 is 0 Å². The minimum Gasteiger partial charge on any atom is -0.508 e. The van der Waals surface area contributed by atoms with Gasteiger partial charge in [0.25, 0.3) is 0 Å². The van der Waals surface area contributed by atoms with Gasteiger partial charge in [0, 0.05) is 6.42 Å². The van der Waals surface area contributed by atoms with Crippen molar-refractivity contribution in [2.24, 2.45) is 4.99 Å². The van der Waals surface area contributed by atoms with E-state index in [0.29, 0.717) is 17.9 Å². The molecule has 1 heterocycles. The molecule has 0 fully saturated rings. The molecular weight excluding hydrogens is 208 g/mol. The highest BCUT2D eigenvalue weighted by Crippen LogP contribution is 2.22. The Hall–Kier alpha value is -2.39. The van der Waals surface area contributed by atoms with Crippen molar-refractivity contribution in [3.63, 3.8) is 0 Å². The number of phenolic OH excluding ortho intramolecular Hbond substituents is 1. The van der Waals surface area contributed by atoms with Crippen LogP contribution < -0.4 is 0 Å². The monoisotopic (exact) mass is 216 g/mol. The van der Waals surface area contributed by atoms with Crippen LogP contribution in [0.25, 0.3) is 0 Å². The lowest BCUT2D eigenvalue weighted by Crippen LogP contribution is -1.85. The lowest BCUT2D eigenvalue weighted by atomic mass is 10.1. The Morgan fingerprint density at radius 2 is 2.38 bits per heavy atom. The first-order valence-electron chi connectivity index (χ1n) is 4.59. The van der Waals surface area contributed by atoms with Gasteiger partial charge in [-0.15, -0.1) is 0 Å². The molecule has 80 valence electrons. The molecule has 0 aliphatic rings. The van der Waals surface area contributed by atoms with Gasteiger partial charge < -0.3 is 9.63 Å². The molecule has 0 spiro atoms. The summed E-state index contributed by atoms with van der Waals surface area (Å²) >= 11 is 0. The van der Waals surface area contributed by atoms with Crippen LogP contribution in [0.1, 0.15) is 11.3 Å². The molecule has 5 nitrogen and oxygen atoms in total. The fourth-order valence-electron chi connectivity index (χ4n) is 1.37. The van der Waals surface area contributed by atoms with Crippen LogP contribution in [0.4, 0.5) is 5.69 Å². The van der Waals surface area contributed by atoms with E-state index in [1.165, 1.54) is 12.3 Å². The van der Waals surface area contributed by atoms with Crippen molar-refractivity contribution in [2.45, 2.75) is 6.42 Å². The van der Waals surface area contributed by atoms with Crippen LogP contribution in [0.5, 0.6) is 5.75 Å². The first-order chi connectivity index (χ1) is 7.79. The summed E-state index contributed by atoms with van der Waals surface area (Å²) in [5, 5.41) is 12.8. The van der Waals surface area contributed by atoms with E-state index in [1.807, 2.05) is 6.07 Å². The second-order valence-electron chi connectivity index (χ2n) is 3.18. The van der Waals surface area contributed by atoms with E-state index in [1.54, 1.807) is 18.2 Å². The number of carbonyl (C=O) groups excluding carboxylic acids is 1. The van der Waals surface area contributed by atoms with Gasteiger partial charge in [0.2, 0.25) is 6.08 Å². The highest BCUT2D eigenvalue weighted by molar-refractivity contribution is 5.50. The minimum atomic E-state index is 0.178. The molecule has 0 bridgehead atoms. The van der Waals surface area contributed by atoms with Gasteiger partial charge in [0.05, 0.1) is 6.20 Å². The molecular formula is C11H8N2O3. The van der Waals surface area contributed by atoms with Crippen LogP contribution in [-0.4, -0.2) is 16.3 Å². The van der Waals surface area contributed by atoms with Crippen molar-refractivity contribution in [1.82, 2.24) is 5.16 Å². The third-order valence-corrected chi connectivity index (χ3v) is 2.06. The molecule has 0 amide bonds. The number of nitrogens with zero attached hydrogens (tertiary/aromatic N) is 2. The smallest absolute Gasteiger partial charge is 0.240 e. The molecule has 1 N–H and O–H groups in total. The number of phenols is 1. The largest absolute Gasteiger partial charge is 0.508 e. The minimum absolute atomic E-state index is 0.178. The predicted molar refractivity (Wildman–Crippen MR) is 55.2 cm³/mol. The van der Waals surface area contributed by atoms with Crippen LogP contribution in [0.15, 0.2) is 40.0 Å². The lowest BCUT2D eigenvalue weighted by molar-refractivity contribution is 0.389. The number of hydrogen-bond donors (Lipinski definition) is 1. The van der Waals surface area contributed by atoms with Gasteiger partial charge in [-0.3, -0.25) is 0 Å². The maximum atomic E-state index is 10.1. The molecule has 0 aliphatic carbocycles. The molecule has 0 saturated heterocycles. The normalized spacial score (nSPS) is 9.75. The van der Waals surface area contributed by atoms with E-state index >= 15 is 0 Å².